The van der Waals surface area contributed by atoms with Gasteiger partial charge in [-0.2, -0.15) is 0 Å². The molecule has 64 valence electrons. The van der Waals surface area contributed by atoms with E-state index < -0.39 is 0 Å². The summed E-state index contributed by atoms with van der Waals surface area (Å²) < 4.78 is 0. The molecule has 3 N–H and O–H groups in total. The van der Waals surface area contributed by atoms with Crippen LogP contribution in [0.5, 0.6) is 0 Å². The van der Waals surface area contributed by atoms with Crippen LogP contribution >= 0.6 is 0 Å². The third-order valence-electron chi connectivity index (χ3n) is 1.41. The van der Waals surface area contributed by atoms with Crippen LogP contribution in [-0.4, -0.2) is 19.0 Å². The van der Waals surface area contributed by atoms with Crippen LogP contribution in [0.4, 0.5) is 0 Å². The molecule has 0 saturated heterocycles. The SMILES string of the molecule is CCNCC/C=C(\C)C(N)=O. The molecule has 3 nitrogen and oxygen atoms in total. The van der Waals surface area contributed by atoms with Crippen LogP contribution in [0.25, 0.3) is 0 Å². The Kier molecular flexibility index (Phi) is 5.47. The van der Waals surface area contributed by atoms with Gasteiger partial charge in [-0.15, -0.1) is 0 Å². The smallest absolute Gasteiger partial charge is 0.244 e. The number of nitrogens with one attached hydrogen (secondary N) is 1. The number of hydrogen-bond acceptors (Lipinski definition) is 2. The number of rotatable bonds is 5. The molecule has 0 atom stereocenters. The second kappa shape index (κ2) is 5.92. The fourth-order valence-corrected chi connectivity index (χ4v) is 0.668. The Morgan fingerprint density at radius 2 is 2.27 bits per heavy atom. The van der Waals surface area contributed by atoms with Gasteiger partial charge in [0.15, 0.2) is 0 Å². The van der Waals surface area contributed by atoms with E-state index in [1.807, 2.05) is 13.0 Å². The van der Waals surface area contributed by atoms with E-state index in [0.717, 1.165) is 19.5 Å². The summed E-state index contributed by atoms with van der Waals surface area (Å²) in [6.45, 7) is 5.64. The molecule has 0 aliphatic heterocycles. The van der Waals surface area contributed by atoms with Crippen LogP contribution in [0.1, 0.15) is 20.3 Å². The molecule has 11 heavy (non-hydrogen) atoms. The standard InChI is InChI=1S/C8H16N2O/c1-3-10-6-4-5-7(2)8(9)11/h5,10H,3-4,6H2,1-2H3,(H2,9,11)/b7-5+. The minimum Gasteiger partial charge on any atom is -0.366 e. The Hall–Kier alpha value is -0.830. The number of nitrogens with two attached hydrogens (primary N) is 1. The number of carbonyl (C=O) groups excluding carboxylic acids is 1. The van der Waals surface area contributed by atoms with Gasteiger partial charge in [-0.05, 0) is 26.4 Å². The quantitative estimate of drug-likeness (QED) is 0.447. The summed E-state index contributed by atoms with van der Waals surface area (Å²) in [7, 11) is 0. The van der Waals surface area contributed by atoms with Gasteiger partial charge in [0.05, 0.1) is 0 Å². The Labute approximate surface area is 67.7 Å². The van der Waals surface area contributed by atoms with Crippen molar-refractivity contribution >= 4 is 5.91 Å². The number of carbonyl (C=O) groups is 1. The monoisotopic (exact) mass is 156 g/mol. The van der Waals surface area contributed by atoms with Gasteiger partial charge in [-0.3, -0.25) is 4.79 Å². The van der Waals surface area contributed by atoms with Gasteiger partial charge in [0.25, 0.3) is 0 Å². The maximum atomic E-state index is 10.5. The van der Waals surface area contributed by atoms with E-state index in [1.165, 1.54) is 0 Å². The maximum absolute atomic E-state index is 10.5. The van der Waals surface area contributed by atoms with E-state index in [9.17, 15) is 4.79 Å². The Morgan fingerprint density at radius 3 is 2.73 bits per heavy atom. The fraction of sp³-hybridized carbons (Fsp3) is 0.625. The van der Waals surface area contributed by atoms with Crippen LogP contribution in [0.15, 0.2) is 11.6 Å². The van der Waals surface area contributed by atoms with Crippen molar-refractivity contribution in [3.63, 3.8) is 0 Å². The lowest BCUT2D eigenvalue weighted by Gasteiger charge is -1.97. The van der Waals surface area contributed by atoms with E-state index in [0.29, 0.717) is 5.57 Å². The molecule has 0 aromatic carbocycles. The zero-order chi connectivity index (χ0) is 8.69. The van der Waals surface area contributed by atoms with Gasteiger partial charge < -0.3 is 11.1 Å². The minimum atomic E-state index is -0.332. The molecule has 0 aliphatic rings. The van der Waals surface area contributed by atoms with Crippen molar-refractivity contribution in [1.29, 1.82) is 0 Å². The summed E-state index contributed by atoms with van der Waals surface area (Å²) in [6, 6.07) is 0. The molecular weight excluding hydrogens is 140 g/mol. The lowest BCUT2D eigenvalue weighted by Crippen LogP contribution is -2.15. The van der Waals surface area contributed by atoms with Crippen molar-refractivity contribution in [1.82, 2.24) is 5.32 Å². The van der Waals surface area contributed by atoms with Crippen LogP contribution in [-0.2, 0) is 4.79 Å². The summed E-state index contributed by atoms with van der Waals surface area (Å²) in [6.07, 6.45) is 2.72. The van der Waals surface area contributed by atoms with Gasteiger partial charge in [0, 0.05) is 5.57 Å². The molecule has 3 heteroatoms. The van der Waals surface area contributed by atoms with E-state index in [4.69, 9.17) is 5.73 Å². The summed E-state index contributed by atoms with van der Waals surface area (Å²) in [5.74, 6) is -0.332. The van der Waals surface area contributed by atoms with Crippen molar-refractivity contribution in [3.8, 4) is 0 Å². The number of hydrogen-bond donors (Lipinski definition) is 2. The molecule has 0 unspecified atom stereocenters. The molecule has 0 radical (unpaired) electrons. The first-order valence-electron chi connectivity index (χ1n) is 3.85. The van der Waals surface area contributed by atoms with Crippen molar-refractivity contribution in [2.24, 2.45) is 5.73 Å². The summed E-state index contributed by atoms with van der Waals surface area (Å²) in [5, 5.41) is 3.15. The molecule has 0 aromatic rings. The topological polar surface area (TPSA) is 55.1 Å². The molecule has 0 spiro atoms. The minimum absolute atomic E-state index is 0.332. The van der Waals surface area contributed by atoms with Gasteiger partial charge in [-0.25, -0.2) is 0 Å². The zero-order valence-electron chi connectivity index (χ0n) is 7.18. The molecule has 0 bridgehead atoms. The van der Waals surface area contributed by atoms with Gasteiger partial charge in [0.2, 0.25) is 5.91 Å². The van der Waals surface area contributed by atoms with Gasteiger partial charge in [0.1, 0.15) is 0 Å². The first-order valence-corrected chi connectivity index (χ1v) is 3.85. The molecule has 0 aliphatic carbocycles. The molecule has 0 aromatic heterocycles. The average Bonchev–Trinajstić information content (AvgIpc) is 1.97. The zero-order valence-corrected chi connectivity index (χ0v) is 7.18. The molecule has 0 fully saturated rings. The van der Waals surface area contributed by atoms with Gasteiger partial charge >= 0.3 is 0 Å². The van der Waals surface area contributed by atoms with Crippen LogP contribution < -0.4 is 11.1 Å². The van der Waals surface area contributed by atoms with Gasteiger partial charge in [-0.1, -0.05) is 13.0 Å². The largest absolute Gasteiger partial charge is 0.366 e. The third kappa shape index (κ3) is 5.61. The highest BCUT2D eigenvalue weighted by Crippen LogP contribution is 1.92. The predicted octanol–water partition coefficient (Wildman–Crippen LogP) is 0.418. The molecule has 0 saturated carbocycles. The Morgan fingerprint density at radius 1 is 1.64 bits per heavy atom. The average molecular weight is 156 g/mol. The van der Waals surface area contributed by atoms with Crippen molar-refractivity contribution in [2.75, 3.05) is 13.1 Å². The van der Waals surface area contributed by atoms with Crippen LogP contribution in [0.3, 0.4) is 0 Å². The van der Waals surface area contributed by atoms with E-state index in [1.54, 1.807) is 6.92 Å². The van der Waals surface area contributed by atoms with Crippen LogP contribution in [0.2, 0.25) is 0 Å². The maximum Gasteiger partial charge on any atom is 0.244 e. The summed E-state index contributed by atoms with van der Waals surface area (Å²) in [5.41, 5.74) is 5.66. The van der Waals surface area contributed by atoms with E-state index >= 15 is 0 Å². The normalized spacial score (nSPS) is 11.6. The Bertz CT molecular complexity index is 152. The molecule has 0 heterocycles. The number of primary amides is 1. The molecule has 1 amide bonds. The highest BCUT2D eigenvalue weighted by atomic mass is 16.1. The highest BCUT2D eigenvalue weighted by Gasteiger charge is 1.93. The van der Waals surface area contributed by atoms with Crippen LogP contribution in [0, 0.1) is 0 Å². The van der Waals surface area contributed by atoms with Crippen molar-refractivity contribution in [2.45, 2.75) is 20.3 Å². The lowest BCUT2D eigenvalue weighted by atomic mass is 10.2. The Balaban J connectivity index is 3.48. The van der Waals surface area contributed by atoms with Crippen molar-refractivity contribution in [3.05, 3.63) is 11.6 Å². The molecular formula is C8H16N2O. The van der Waals surface area contributed by atoms with Crippen molar-refractivity contribution < 1.29 is 4.79 Å². The third-order valence-corrected chi connectivity index (χ3v) is 1.41. The number of amides is 1. The summed E-state index contributed by atoms with van der Waals surface area (Å²) in [4.78, 5) is 10.5. The second-order valence-electron chi connectivity index (χ2n) is 2.39. The van der Waals surface area contributed by atoms with E-state index in [2.05, 4.69) is 5.32 Å². The predicted molar refractivity (Wildman–Crippen MR) is 46.1 cm³/mol. The fourth-order valence-electron chi connectivity index (χ4n) is 0.668. The lowest BCUT2D eigenvalue weighted by molar-refractivity contribution is -0.114. The molecule has 0 rings (SSSR count). The highest BCUT2D eigenvalue weighted by molar-refractivity contribution is 5.91. The van der Waals surface area contributed by atoms with E-state index in [-0.39, 0.29) is 5.91 Å². The summed E-state index contributed by atoms with van der Waals surface area (Å²) >= 11 is 0. The first kappa shape index (κ1) is 10.2. The second-order valence-corrected chi connectivity index (χ2v) is 2.39. The first-order chi connectivity index (χ1) is 5.18.